The third-order valence-corrected chi connectivity index (χ3v) is 5.19. The molecule has 24 heavy (non-hydrogen) atoms. The first kappa shape index (κ1) is 20.9. The van der Waals surface area contributed by atoms with Crippen molar-refractivity contribution in [2.45, 2.75) is 33.1 Å². The Hall–Kier alpha value is -1.11. The first-order valence-electron chi connectivity index (χ1n) is 8.25. The van der Waals surface area contributed by atoms with Gasteiger partial charge in [0.2, 0.25) is 15.9 Å². The second kappa shape index (κ2) is 10.0. The Kier molecular flexibility index (Phi) is 8.73. The summed E-state index contributed by atoms with van der Waals surface area (Å²) in [7, 11) is -3.44. The van der Waals surface area contributed by atoms with Crippen LogP contribution in [-0.4, -0.2) is 56.0 Å². The van der Waals surface area contributed by atoms with E-state index >= 15 is 0 Å². The lowest BCUT2D eigenvalue weighted by atomic mass is 10.1. The fourth-order valence-electron chi connectivity index (χ4n) is 2.42. The lowest BCUT2D eigenvalue weighted by Gasteiger charge is -2.26. The van der Waals surface area contributed by atoms with E-state index in [9.17, 15) is 13.2 Å². The van der Waals surface area contributed by atoms with Crippen LogP contribution >= 0.6 is 11.6 Å². The van der Waals surface area contributed by atoms with Gasteiger partial charge in [-0.3, -0.25) is 4.79 Å². The van der Waals surface area contributed by atoms with Crippen molar-refractivity contribution in [2.24, 2.45) is 0 Å². The number of amides is 1. The second-order valence-electron chi connectivity index (χ2n) is 5.85. The number of hydrogen-bond donors (Lipinski definition) is 0. The van der Waals surface area contributed by atoms with Gasteiger partial charge in [-0.2, -0.15) is 4.31 Å². The van der Waals surface area contributed by atoms with Gasteiger partial charge in [-0.05, 0) is 37.0 Å². The van der Waals surface area contributed by atoms with Crippen LogP contribution in [-0.2, 0) is 21.2 Å². The molecule has 0 fully saturated rings. The molecule has 0 atom stereocenters. The highest BCUT2D eigenvalue weighted by molar-refractivity contribution is 7.88. The summed E-state index contributed by atoms with van der Waals surface area (Å²) in [6.45, 7) is 5.49. The van der Waals surface area contributed by atoms with Crippen LogP contribution in [0.3, 0.4) is 0 Å². The van der Waals surface area contributed by atoms with Crippen molar-refractivity contribution in [1.82, 2.24) is 9.21 Å². The van der Waals surface area contributed by atoms with E-state index < -0.39 is 10.0 Å². The Balaban J connectivity index is 2.74. The van der Waals surface area contributed by atoms with Gasteiger partial charge in [0.25, 0.3) is 0 Å². The normalized spacial score (nSPS) is 11.7. The van der Waals surface area contributed by atoms with Crippen LogP contribution in [0.2, 0.25) is 5.02 Å². The highest BCUT2D eigenvalue weighted by Crippen LogP contribution is 2.11. The van der Waals surface area contributed by atoms with Crippen LogP contribution in [0.1, 0.15) is 32.3 Å². The van der Waals surface area contributed by atoms with Gasteiger partial charge in [0.1, 0.15) is 0 Å². The summed E-state index contributed by atoms with van der Waals surface area (Å²) in [5.74, 6) is -0.139. The number of nitrogens with zero attached hydrogens (tertiary/aromatic N) is 2. The fourth-order valence-corrected chi connectivity index (χ4v) is 3.31. The second-order valence-corrected chi connectivity index (χ2v) is 8.27. The smallest absolute Gasteiger partial charge is 0.237 e. The summed E-state index contributed by atoms with van der Waals surface area (Å²) in [5, 5.41) is 0.642. The minimum Gasteiger partial charge on any atom is -0.342 e. The molecule has 0 aliphatic rings. The molecule has 1 aromatic rings. The Labute approximate surface area is 150 Å². The van der Waals surface area contributed by atoms with Gasteiger partial charge in [0.15, 0.2) is 0 Å². The molecular formula is C17H27ClN2O3S. The number of carbonyl (C=O) groups is 1. The van der Waals surface area contributed by atoms with Crippen molar-refractivity contribution >= 4 is 27.5 Å². The number of sulfonamides is 1. The monoisotopic (exact) mass is 374 g/mol. The molecule has 0 aliphatic carbocycles. The predicted octanol–water partition coefficient (Wildman–Crippen LogP) is 2.79. The van der Waals surface area contributed by atoms with Gasteiger partial charge in [-0.1, -0.05) is 37.6 Å². The van der Waals surface area contributed by atoms with Crippen LogP contribution in [0.5, 0.6) is 0 Å². The molecule has 0 saturated heterocycles. The molecule has 7 heteroatoms. The highest BCUT2D eigenvalue weighted by atomic mass is 35.5. The maximum Gasteiger partial charge on any atom is 0.237 e. The Morgan fingerprint density at radius 2 is 1.58 bits per heavy atom. The van der Waals surface area contributed by atoms with Gasteiger partial charge in [-0.15, -0.1) is 0 Å². The van der Waals surface area contributed by atoms with Gasteiger partial charge in [0, 0.05) is 24.7 Å². The summed E-state index contributed by atoms with van der Waals surface area (Å²) in [6, 6.07) is 7.28. The maximum atomic E-state index is 12.4. The largest absolute Gasteiger partial charge is 0.342 e. The van der Waals surface area contributed by atoms with Crippen molar-refractivity contribution in [2.75, 3.05) is 32.4 Å². The molecule has 5 nitrogen and oxygen atoms in total. The molecule has 0 aromatic heterocycles. The highest BCUT2D eigenvalue weighted by Gasteiger charge is 2.22. The predicted molar refractivity (Wildman–Crippen MR) is 98.7 cm³/mol. The molecule has 1 aromatic carbocycles. The summed E-state index contributed by atoms with van der Waals surface area (Å²) < 4.78 is 25.3. The molecule has 0 N–H and O–H groups in total. The van der Waals surface area contributed by atoms with Crippen LogP contribution < -0.4 is 0 Å². The lowest BCUT2D eigenvalue weighted by molar-refractivity contribution is -0.131. The molecule has 1 rings (SSSR count). The standard InChI is InChI=1S/C17H27ClN2O3S/c1-4-11-19(12-5-2)17(21)14-20(24(3,22)23)13-10-15-6-8-16(18)9-7-15/h6-9H,4-5,10-14H2,1-3H3. The number of hydrogen-bond acceptors (Lipinski definition) is 3. The average molecular weight is 375 g/mol. The number of halogens is 1. The zero-order valence-corrected chi connectivity index (χ0v) is 16.2. The zero-order chi connectivity index (χ0) is 18.2. The first-order chi connectivity index (χ1) is 11.3. The van der Waals surface area contributed by atoms with Crippen molar-refractivity contribution in [3.63, 3.8) is 0 Å². The van der Waals surface area contributed by atoms with E-state index in [-0.39, 0.29) is 19.0 Å². The maximum absolute atomic E-state index is 12.4. The summed E-state index contributed by atoms with van der Waals surface area (Å²) in [6.07, 6.45) is 3.40. The van der Waals surface area contributed by atoms with Crippen LogP contribution in [0, 0.1) is 0 Å². The molecule has 0 radical (unpaired) electrons. The lowest BCUT2D eigenvalue weighted by Crippen LogP contribution is -2.43. The molecule has 0 saturated carbocycles. The molecule has 0 spiro atoms. The van der Waals surface area contributed by atoms with Crippen LogP contribution in [0.25, 0.3) is 0 Å². The molecule has 136 valence electrons. The quantitative estimate of drug-likeness (QED) is 0.632. The Morgan fingerprint density at radius 1 is 1.04 bits per heavy atom. The van der Waals surface area contributed by atoms with Crippen molar-refractivity contribution in [3.05, 3.63) is 34.9 Å². The van der Waals surface area contributed by atoms with Gasteiger partial charge in [0.05, 0.1) is 12.8 Å². The van der Waals surface area contributed by atoms with E-state index in [1.54, 1.807) is 17.0 Å². The number of benzene rings is 1. The molecule has 0 unspecified atom stereocenters. The van der Waals surface area contributed by atoms with Crippen molar-refractivity contribution in [3.8, 4) is 0 Å². The summed E-state index contributed by atoms with van der Waals surface area (Å²) in [5.41, 5.74) is 0.986. The van der Waals surface area contributed by atoms with Crippen molar-refractivity contribution in [1.29, 1.82) is 0 Å². The van der Waals surface area contributed by atoms with E-state index in [0.717, 1.165) is 24.7 Å². The van der Waals surface area contributed by atoms with E-state index in [2.05, 4.69) is 0 Å². The van der Waals surface area contributed by atoms with E-state index in [1.807, 2.05) is 26.0 Å². The molecule has 0 heterocycles. The van der Waals surface area contributed by atoms with E-state index in [4.69, 9.17) is 11.6 Å². The average Bonchev–Trinajstić information content (AvgIpc) is 2.51. The minimum atomic E-state index is -3.44. The SMILES string of the molecule is CCCN(CCC)C(=O)CN(CCc1ccc(Cl)cc1)S(C)(=O)=O. The van der Waals surface area contributed by atoms with Crippen LogP contribution in [0.4, 0.5) is 0 Å². The Morgan fingerprint density at radius 3 is 2.04 bits per heavy atom. The number of carbonyl (C=O) groups excluding carboxylic acids is 1. The fraction of sp³-hybridized carbons (Fsp3) is 0.588. The minimum absolute atomic E-state index is 0.105. The third-order valence-electron chi connectivity index (χ3n) is 3.68. The number of rotatable bonds is 10. The summed E-state index contributed by atoms with van der Waals surface area (Å²) >= 11 is 5.85. The van der Waals surface area contributed by atoms with E-state index in [1.165, 1.54) is 4.31 Å². The first-order valence-corrected chi connectivity index (χ1v) is 10.5. The third kappa shape index (κ3) is 7.20. The van der Waals surface area contributed by atoms with Crippen molar-refractivity contribution < 1.29 is 13.2 Å². The van der Waals surface area contributed by atoms with Gasteiger partial charge in [-0.25, -0.2) is 8.42 Å². The van der Waals surface area contributed by atoms with Gasteiger partial charge >= 0.3 is 0 Å². The molecule has 0 aliphatic heterocycles. The van der Waals surface area contributed by atoms with Gasteiger partial charge < -0.3 is 4.90 Å². The topological polar surface area (TPSA) is 57.7 Å². The molecule has 0 bridgehead atoms. The molecule has 1 amide bonds. The van der Waals surface area contributed by atoms with Crippen LogP contribution in [0.15, 0.2) is 24.3 Å². The zero-order valence-electron chi connectivity index (χ0n) is 14.7. The summed E-state index contributed by atoms with van der Waals surface area (Å²) in [4.78, 5) is 14.2. The Bertz CT molecular complexity index is 611. The molecular weight excluding hydrogens is 348 g/mol. The van der Waals surface area contributed by atoms with E-state index in [0.29, 0.717) is 24.5 Å².